The summed E-state index contributed by atoms with van der Waals surface area (Å²) >= 11 is 0. The highest BCUT2D eigenvalue weighted by Crippen LogP contribution is 2.12. The topological polar surface area (TPSA) is 92.3 Å². The van der Waals surface area contributed by atoms with Gasteiger partial charge in [-0.05, 0) is 47.5 Å². The van der Waals surface area contributed by atoms with E-state index in [1.54, 1.807) is 6.92 Å². The van der Waals surface area contributed by atoms with Crippen molar-refractivity contribution in [2.24, 2.45) is 4.99 Å². The average Bonchev–Trinajstić information content (AvgIpc) is 2.97. The Morgan fingerprint density at radius 1 is 1.26 bits per heavy atom. The van der Waals surface area contributed by atoms with Gasteiger partial charge in [0.15, 0.2) is 5.96 Å². The van der Waals surface area contributed by atoms with Crippen molar-refractivity contribution in [1.29, 1.82) is 0 Å². The first-order valence-corrected chi connectivity index (χ1v) is 9.43. The van der Waals surface area contributed by atoms with Crippen LogP contribution in [0, 0.1) is 0 Å². The fourth-order valence-corrected chi connectivity index (χ4v) is 2.61. The van der Waals surface area contributed by atoms with Gasteiger partial charge in [0.2, 0.25) is 0 Å². The molecule has 0 radical (unpaired) electrons. The van der Waals surface area contributed by atoms with E-state index in [2.05, 4.69) is 20.5 Å². The summed E-state index contributed by atoms with van der Waals surface area (Å²) in [6, 6.07) is 0.0354. The molecule has 0 aliphatic carbocycles. The Hall–Kier alpha value is -1.26. The van der Waals surface area contributed by atoms with Gasteiger partial charge in [-0.2, -0.15) is 0 Å². The number of guanidine groups is 1. The van der Waals surface area contributed by atoms with Crippen LogP contribution in [0.1, 0.15) is 53.9 Å². The number of likely N-dealkylation sites (tertiary alicyclic amines) is 1. The fraction of sp³-hybridized carbons (Fsp3) is 0.833. The Kier molecular flexibility index (Phi) is 12.4. The Morgan fingerprint density at radius 2 is 1.96 bits per heavy atom. The van der Waals surface area contributed by atoms with E-state index in [0.717, 1.165) is 25.5 Å². The molecule has 1 aliphatic rings. The van der Waals surface area contributed by atoms with Crippen LogP contribution in [0.3, 0.4) is 0 Å². The zero-order valence-electron chi connectivity index (χ0n) is 17.2. The Morgan fingerprint density at radius 3 is 2.56 bits per heavy atom. The highest BCUT2D eigenvalue weighted by molar-refractivity contribution is 14.0. The highest BCUT2D eigenvalue weighted by Gasteiger charge is 2.27. The number of esters is 1. The molecule has 0 aromatic heterocycles. The van der Waals surface area contributed by atoms with Gasteiger partial charge in [-0.3, -0.25) is 9.79 Å². The second-order valence-corrected chi connectivity index (χ2v) is 7.22. The number of alkyl carbamates (subject to hydrolysis) is 1. The number of hydrogen-bond donors (Lipinski definition) is 2. The number of halogens is 1. The second kappa shape index (κ2) is 13.0. The van der Waals surface area contributed by atoms with Crippen LogP contribution in [0.5, 0.6) is 0 Å². The number of nitrogens with zero attached hydrogens (tertiary/aromatic N) is 2. The summed E-state index contributed by atoms with van der Waals surface area (Å²) in [5, 5.41) is 6.18. The number of ether oxygens (including phenoxy) is 2. The molecule has 1 amide bonds. The average molecular weight is 498 g/mol. The van der Waals surface area contributed by atoms with Gasteiger partial charge >= 0.3 is 12.1 Å². The van der Waals surface area contributed by atoms with Crippen molar-refractivity contribution in [1.82, 2.24) is 15.5 Å². The Balaban J connectivity index is 0.00000676. The Bertz CT molecular complexity index is 494. The lowest BCUT2D eigenvalue weighted by Crippen LogP contribution is -2.44. The normalized spacial score (nSPS) is 17.1. The first kappa shape index (κ1) is 25.7. The van der Waals surface area contributed by atoms with Gasteiger partial charge in [0.25, 0.3) is 0 Å². The molecule has 1 rings (SSSR count). The minimum absolute atomic E-state index is 0. The molecule has 158 valence electrons. The largest absolute Gasteiger partial charge is 0.466 e. The molecular weight excluding hydrogens is 463 g/mol. The molecular formula is C18H35IN4O4. The van der Waals surface area contributed by atoms with Gasteiger partial charge in [0.1, 0.15) is 5.60 Å². The molecule has 0 spiro atoms. The number of amides is 1. The molecule has 1 unspecified atom stereocenters. The standard InChI is InChI=1S/C18H34N4O4.HI/c1-6-19-16(20-11-8-9-15(23)25-7-2)22-12-10-14(13-22)21-17(24)26-18(3,4)5;/h14H,6-13H2,1-5H3,(H,19,20)(H,21,24);1H. The number of carbonyl (C=O) groups is 2. The van der Waals surface area contributed by atoms with Gasteiger partial charge in [-0.1, -0.05) is 0 Å². The van der Waals surface area contributed by atoms with E-state index in [4.69, 9.17) is 9.47 Å². The molecule has 0 aromatic carbocycles. The SMILES string of the molecule is CCNC(=NCCCC(=O)OCC)N1CCC(NC(=O)OC(C)(C)C)C1.I. The number of hydrogen-bond acceptors (Lipinski definition) is 5. The minimum Gasteiger partial charge on any atom is -0.466 e. The first-order valence-electron chi connectivity index (χ1n) is 9.43. The molecule has 1 fully saturated rings. The monoisotopic (exact) mass is 498 g/mol. The lowest BCUT2D eigenvalue weighted by molar-refractivity contribution is -0.143. The van der Waals surface area contributed by atoms with Crippen LogP contribution in [-0.2, 0) is 14.3 Å². The first-order chi connectivity index (χ1) is 12.2. The predicted molar refractivity (Wildman–Crippen MR) is 117 cm³/mol. The lowest BCUT2D eigenvalue weighted by Gasteiger charge is -2.23. The van der Waals surface area contributed by atoms with Crippen LogP contribution in [0.4, 0.5) is 4.79 Å². The molecule has 8 nitrogen and oxygen atoms in total. The van der Waals surface area contributed by atoms with Crippen LogP contribution in [0.25, 0.3) is 0 Å². The Labute approximate surface area is 179 Å². The maximum absolute atomic E-state index is 11.9. The number of rotatable bonds is 7. The van der Waals surface area contributed by atoms with E-state index >= 15 is 0 Å². The van der Waals surface area contributed by atoms with E-state index in [0.29, 0.717) is 32.5 Å². The van der Waals surface area contributed by atoms with Crippen molar-refractivity contribution >= 4 is 42.0 Å². The summed E-state index contributed by atoms with van der Waals surface area (Å²) in [6.07, 6.45) is 1.48. The maximum Gasteiger partial charge on any atom is 0.407 e. The molecule has 0 saturated carbocycles. The predicted octanol–water partition coefficient (Wildman–Crippen LogP) is 2.51. The summed E-state index contributed by atoms with van der Waals surface area (Å²) < 4.78 is 10.2. The molecule has 1 heterocycles. The lowest BCUT2D eigenvalue weighted by atomic mass is 10.2. The third kappa shape index (κ3) is 11.2. The van der Waals surface area contributed by atoms with Crippen LogP contribution in [-0.4, -0.2) is 67.4 Å². The van der Waals surface area contributed by atoms with Gasteiger partial charge in [0.05, 0.1) is 12.6 Å². The molecule has 1 aliphatic heterocycles. The zero-order valence-corrected chi connectivity index (χ0v) is 19.5. The minimum atomic E-state index is -0.502. The highest BCUT2D eigenvalue weighted by atomic mass is 127. The van der Waals surface area contributed by atoms with Crippen LogP contribution >= 0.6 is 24.0 Å². The van der Waals surface area contributed by atoms with E-state index in [1.165, 1.54) is 0 Å². The van der Waals surface area contributed by atoms with Crippen LogP contribution in [0.2, 0.25) is 0 Å². The van der Waals surface area contributed by atoms with Crippen LogP contribution in [0.15, 0.2) is 4.99 Å². The summed E-state index contributed by atoms with van der Waals surface area (Å²) in [7, 11) is 0. The number of carbonyl (C=O) groups excluding carboxylic acids is 2. The molecule has 0 bridgehead atoms. The second-order valence-electron chi connectivity index (χ2n) is 7.22. The summed E-state index contributed by atoms with van der Waals surface area (Å²) in [5.41, 5.74) is -0.502. The van der Waals surface area contributed by atoms with Crippen molar-refractivity contribution in [3.63, 3.8) is 0 Å². The van der Waals surface area contributed by atoms with Gasteiger partial charge in [-0.15, -0.1) is 24.0 Å². The van der Waals surface area contributed by atoms with Crippen molar-refractivity contribution in [2.45, 2.75) is 65.5 Å². The number of nitrogens with one attached hydrogen (secondary N) is 2. The van der Waals surface area contributed by atoms with Gasteiger partial charge in [0, 0.05) is 32.6 Å². The molecule has 1 atom stereocenters. The molecule has 9 heteroatoms. The van der Waals surface area contributed by atoms with Crippen molar-refractivity contribution < 1.29 is 19.1 Å². The smallest absolute Gasteiger partial charge is 0.407 e. The van der Waals surface area contributed by atoms with Crippen LogP contribution < -0.4 is 10.6 Å². The quantitative estimate of drug-likeness (QED) is 0.184. The van der Waals surface area contributed by atoms with Gasteiger partial charge < -0.3 is 25.0 Å². The van der Waals surface area contributed by atoms with E-state index in [1.807, 2.05) is 27.7 Å². The van der Waals surface area contributed by atoms with Crippen molar-refractivity contribution in [3.05, 3.63) is 0 Å². The number of aliphatic imine (C=N–C) groups is 1. The van der Waals surface area contributed by atoms with E-state index in [-0.39, 0.29) is 42.1 Å². The van der Waals surface area contributed by atoms with E-state index < -0.39 is 5.60 Å². The fourth-order valence-electron chi connectivity index (χ4n) is 2.61. The maximum atomic E-state index is 11.9. The van der Waals surface area contributed by atoms with Crippen molar-refractivity contribution in [2.75, 3.05) is 32.8 Å². The third-order valence-corrected chi connectivity index (χ3v) is 3.65. The summed E-state index contributed by atoms with van der Waals surface area (Å²) in [6.45, 7) is 12.6. The molecule has 27 heavy (non-hydrogen) atoms. The zero-order chi connectivity index (χ0) is 19.6. The molecule has 1 saturated heterocycles. The third-order valence-electron chi connectivity index (χ3n) is 3.65. The van der Waals surface area contributed by atoms with E-state index in [9.17, 15) is 9.59 Å². The molecule has 0 aromatic rings. The van der Waals surface area contributed by atoms with Gasteiger partial charge in [-0.25, -0.2) is 4.79 Å². The summed E-state index contributed by atoms with van der Waals surface area (Å²) in [4.78, 5) is 30.0. The molecule has 2 N–H and O–H groups in total. The van der Waals surface area contributed by atoms with Crippen molar-refractivity contribution in [3.8, 4) is 0 Å². The summed E-state index contributed by atoms with van der Waals surface area (Å²) in [5.74, 6) is 0.625.